The first-order valence-corrected chi connectivity index (χ1v) is 11.0. The summed E-state index contributed by atoms with van der Waals surface area (Å²) in [5.74, 6) is 0.233. The van der Waals surface area contributed by atoms with E-state index < -0.39 is 0 Å². The van der Waals surface area contributed by atoms with Crippen LogP contribution in [-0.4, -0.2) is 64.9 Å². The molecule has 3 heterocycles. The van der Waals surface area contributed by atoms with Gasteiger partial charge in [0.15, 0.2) is 0 Å². The fourth-order valence-corrected chi connectivity index (χ4v) is 5.71. The molecule has 3 fully saturated rings. The number of halogens is 1. The molecule has 3 aliphatic rings. The van der Waals surface area contributed by atoms with E-state index in [9.17, 15) is 14.0 Å². The minimum Gasteiger partial charge on any atom is -0.350 e. The third-order valence-corrected chi connectivity index (χ3v) is 7.45. The van der Waals surface area contributed by atoms with Gasteiger partial charge in [0.25, 0.3) is 5.91 Å². The Morgan fingerprint density at radius 3 is 2.87 bits per heavy atom. The van der Waals surface area contributed by atoms with E-state index in [1.807, 2.05) is 18.9 Å². The topological polar surface area (TPSA) is 68.4 Å². The van der Waals surface area contributed by atoms with Crippen molar-refractivity contribution < 1.29 is 14.0 Å². The van der Waals surface area contributed by atoms with Gasteiger partial charge in [-0.05, 0) is 50.3 Å². The van der Waals surface area contributed by atoms with Gasteiger partial charge in [0.1, 0.15) is 11.5 Å². The normalized spacial score (nSPS) is 29.6. The monoisotopic (exact) mass is 412 g/mol. The molecule has 0 spiro atoms. The molecule has 1 aliphatic carbocycles. The highest BCUT2D eigenvalue weighted by molar-refractivity contribution is 5.99. The van der Waals surface area contributed by atoms with Crippen molar-refractivity contribution in [1.82, 2.24) is 20.1 Å². The van der Waals surface area contributed by atoms with Crippen LogP contribution in [-0.2, 0) is 4.79 Å². The molecule has 6 nitrogen and oxygen atoms in total. The molecule has 160 valence electrons. The summed E-state index contributed by atoms with van der Waals surface area (Å²) >= 11 is 0. The van der Waals surface area contributed by atoms with E-state index >= 15 is 0 Å². The van der Waals surface area contributed by atoms with Crippen molar-refractivity contribution in [1.29, 1.82) is 0 Å². The number of hydrogen-bond acceptors (Lipinski definition) is 3. The maximum Gasteiger partial charge on any atom is 0.267 e. The second kappa shape index (κ2) is 7.38. The van der Waals surface area contributed by atoms with E-state index in [1.165, 1.54) is 6.07 Å². The zero-order chi connectivity index (χ0) is 21.0. The second-order valence-corrected chi connectivity index (χ2v) is 9.32. The highest BCUT2D eigenvalue weighted by Crippen LogP contribution is 2.35. The molecule has 4 atom stereocenters. The molecule has 0 unspecified atom stereocenters. The van der Waals surface area contributed by atoms with Gasteiger partial charge in [-0.25, -0.2) is 4.39 Å². The molecule has 1 aromatic carbocycles. The van der Waals surface area contributed by atoms with E-state index in [0.29, 0.717) is 41.0 Å². The number of rotatable bonds is 3. The lowest BCUT2D eigenvalue weighted by Crippen LogP contribution is -2.46. The third-order valence-electron chi connectivity index (χ3n) is 7.45. The zero-order valence-electron chi connectivity index (χ0n) is 17.6. The van der Waals surface area contributed by atoms with E-state index in [2.05, 4.69) is 15.2 Å². The number of fused-ring (bicyclic) bond motifs is 2. The van der Waals surface area contributed by atoms with Gasteiger partial charge in [0, 0.05) is 56.0 Å². The Balaban J connectivity index is 1.24. The number of nitrogens with zero attached hydrogens (tertiary/aromatic N) is 2. The van der Waals surface area contributed by atoms with Gasteiger partial charge in [-0.2, -0.15) is 0 Å². The van der Waals surface area contributed by atoms with Crippen LogP contribution in [0.2, 0.25) is 0 Å². The summed E-state index contributed by atoms with van der Waals surface area (Å²) in [4.78, 5) is 32.3. The zero-order valence-corrected chi connectivity index (χ0v) is 17.6. The number of carbonyl (C=O) groups excluding carboxylic acids is 2. The van der Waals surface area contributed by atoms with Crippen LogP contribution in [0.15, 0.2) is 18.2 Å². The summed E-state index contributed by atoms with van der Waals surface area (Å²) in [5, 5.41) is 3.63. The van der Waals surface area contributed by atoms with Gasteiger partial charge in [-0.3, -0.25) is 14.5 Å². The molecule has 1 saturated carbocycles. The molecule has 2 aromatic rings. The Bertz CT molecular complexity index is 963. The molecule has 2 amide bonds. The molecule has 7 heteroatoms. The van der Waals surface area contributed by atoms with Crippen molar-refractivity contribution in [3.8, 4) is 0 Å². The fourth-order valence-electron chi connectivity index (χ4n) is 5.71. The van der Waals surface area contributed by atoms with Gasteiger partial charge in [-0.1, -0.05) is 6.07 Å². The quantitative estimate of drug-likeness (QED) is 0.815. The first-order chi connectivity index (χ1) is 14.4. The lowest BCUT2D eigenvalue weighted by molar-refractivity contribution is -0.128. The predicted molar refractivity (Wildman–Crippen MR) is 113 cm³/mol. The Morgan fingerprint density at radius 2 is 2.10 bits per heavy atom. The Hall–Kier alpha value is -2.41. The number of amides is 2. The second-order valence-electron chi connectivity index (χ2n) is 9.32. The van der Waals surface area contributed by atoms with E-state index in [0.717, 1.165) is 44.3 Å². The summed E-state index contributed by atoms with van der Waals surface area (Å²) < 4.78 is 14.1. The van der Waals surface area contributed by atoms with Crippen molar-refractivity contribution in [3.63, 3.8) is 0 Å². The number of aromatic nitrogens is 1. The van der Waals surface area contributed by atoms with Crippen molar-refractivity contribution in [2.24, 2.45) is 5.92 Å². The predicted octanol–water partition coefficient (Wildman–Crippen LogP) is 2.82. The molecule has 2 aliphatic heterocycles. The van der Waals surface area contributed by atoms with Crippen LogP contribution in [0.5, 0.6) is 0 Å². The van der Waals surface area contributed by atoms with Gasteiger partial charge in [-0.15, -0.1) is 0 Å². The van der Waals surface area contributed by atoms with Crippen LogP contribution in [0.25, 0.3) is 10.9 Å². The molecule has 2 N–H and O–H groups in total. The minimum atomic E-state index is -0.313. The number of likely N-dealkylation sites (N-methyl/N-ethyl adjacent to an activating group) is 1. The molecular weight excluding hydrogens is 383 g/mol. The number of likely N-dealkylation sites (tertiary alicyclic amines) is 2. The number of hydrogen-bond donors (Lipinski definition) is 2. The molecule has 5 rings (SSSR count). The van der Waals surface area contributed by atoms with Gasteiger partial charge in [0.2, 0.25) is 5.91 Å². The van der Waals surface area contributed by atoms with Crippen LogP contribution in [0.4, 0.5) is 4.39 Å². The summed E-state index contributed by atoms with van der Waals surface area (Å²) in [6.45, 7) is 3.83. The summed E-state index contributed by atoms with van der Waals surface area (Å²) in [7, 11) is 1.92. The smallest absolute Gasteiger partial charge is 0.267 e. The van der Waals surface area contributed by atoms with E-state index in [1.54, 1.807) is 12.1 Å². The third kappa shape index (κ3) is 3.29. The standard InChI is InChI=1S/C23H29FN4O2/c1-13-6-7-18(24)17-10-19(26-22(13)17)23(30)25-15-4-3-5-16(9-15)28-11-14-8-21(29)27(2)20(14)12-28/h6-7,10,14-16,20,26H,3-5,8-9,11-12H2,1-2H3,(H,25,30)/t14-,15+,16-,20+/m0/s1. The maximum atomic E-state index is 14.1. The van der Waals surface area contributed by atoms with Crippen LogP contribution in [0.3, 0.4) is 0 Å². The van der Waals surface area contributed by atoms with Crippen LogP contribution in [0.1, 0.15) is 48.2 Å². The number of benzene rings is 1. The van der Waals surface area contributed by atoms with Crippen molar-refractivity contribution in [2.45, 2.75) is 57.2 Å². The summed E-state index contributed by atoms with van der Waals surface area (Å²) in [6, 6.07) is 5.68. The molecule has 0 radical (unpaired) electrons. The van der Waals surface area contributed by atoms with Crippen LogP contribution in [0, 0.1) is 18.7 Å². The first kappa shape index (κ1) is 19.5. The Kier molecular flexibility index (Phi) is 4.81. The number of carbonyl (C=O) groups is 2. The molecule has 2 saturated heterocycles. The van der Waals surface area contributed by atoms with E-state index in [-0.39, 0.29) is 23.7 Å². The van der Waals surface area contributed by atoms with Crippen molar-refractivity contribution >= 4 is 22.7 Å². The molecule has 30 heavy (non-hydrogen) atoms. The van der Waals surface area contributed by atoms with E-state index in [4.69, 9.17) is 0 Å². The van der Waals surface area contributed by atoms with Crippen molar-refractivity contribution in [2.75, 3.05) is 20.1 Å². The average Bonchev–Trinajstić information content (AvgIpc) is 3.41. The minimum absolute atomic E-state index is 0.119. The number of aryl methyl sites for hydroxylation is 1. The Morgan fingerprint density at radius 1 is 1.27 bits per heavy atom. The lowest BCUT2D eigenvalue weighted by Gasteiger charge is -2.36. The van der Waals surface area contributed by atoms with Gasteiger partial charge < -0.3 is 15.2 Å². The summed E-state index contributed by atoms with van der Waals surface area (Å²) in [5.41, 5.74) is 2.02. The Labute approximate surface area is 175 Å². The SMILES string of the molecule is Cc1ccc(F)c2cc(C(=O)N[C@@H]3CCC[C@H](N4C[C@@H]5CC(=O)N(C)[C@@H]5C4)C3)[nH]c12. The highest BCUT2D eigenvalue weighted by atomic mass is 19.1. The summed E-state index contributed by atoms with van der Waals surface area (Å²) in [6.07, 6.45) is 4.78. The number of nitrogens with one attached hydrogen (secondary N) is 2. The molecule has 0 bridgehead atoms. The highest BCUT2D eigenvalue weighted by Gasteiger charge is 2.45. The first-order valence-electron chi connectivity index (χ1n) is 11.0. The number of aromatic amines is 1. The van der Waals surface area contributed by atoms with Crippen LogP contribution >= 0.6 is 0 Å². The van der Waals surface area contributed by atoms with Gasteiger partial charge in [0.05, 0.1) is 5.52 Å². The van der Waals surface area contributed by atoms with Crippen molar-refractivity contribution in [3.05, 3.63) is 35.3 Å². The maximum absolute atomic E-state index is 14.1. The molecule has 1 aromatic heterocycles. The van der Waals surface area contributed by atoms with Gasteiger partial charge >= 0.3 is 0 Å². The lowest BCUT2D eigenvalue weighted by atomic mass is 9.90. The fraction of sp³-hybridized carbons (Fsp3) is 0.565. The average molecular weight is 413 g/mol. The van der Waals surface area contributed by atoms with Crippen LogP contribution < -0.4 is 5.32 Å². The molecular formula is C23H29FN4O2. The number of H-pyrrole nitrogens is 1. The largest absolute Gasteiger partial charge is 0.350 e.